The molecule has 2 atom stereocenters. The van der Waals surface area contributed by atoms with Gasteiger partial charge in [-0.3, -0.25) is 9.59 Å². The quantitative estimate of drug-likeness (QED) is 0.810. The van der Waals surface area contributed by atoms with Crippen molar-refractivity contribution in [3.8, 4) is 0 Å². The van der Waals surface area contributed by atoms with Gasteiger partial charge in [-0.1, -0.05) is 50.6 Å². The highest BCUT2D eigenvalue weighted by Crippen LogP contribution is 2.52. The number of alkyl halides is 2. The predicted octanol–water partition coefficient (Wildman–Crippen LogP) is 3.11. The monoisotopic (exact) mass is 376 g/mol. The van der Waals surface area contributed by atoms with E-state index in [0.717, 1.165) is 24.8 Å². The number of carbonyl (C=O) groups excluding carboxylic acids is 2. The summed E-state index contributed by atoms with van der Waals surface area (Å²) in [7, 11) is 0. The third kappa shape index (κ3) is 2.52. The van der Waals surface area contributed by atoms with Gasteiger partial charge in [-0.2, -0.15) is 0 Å². The number of fused-ring (bicyclic) bond motifs is 1. The van der Waals surface area contributed by atoms with Crippen LogP contribution in [0.5, 0.6) is 0 Å². The Balaban J connectivity index is 1.53. The summed E-state index contributed by atoms with van der Waals surface area (Å²) in [6.45, 7) is 3.03. The normalized spacial score (nSPS) is 32.0. The fourth-order valence-corrected chi connectivity index (χ4v) is 4.93. The predicted molar refractivity (Wildman–Crippen MR) is 97.2 cm³/mol. The molecule has 1 aromatic carbocycles. The lowest BCUT2D eigenvalue weighted by molar-refractivity contribution is -0.152. The second-order valence-electron chi connectivity index (χ2n) is 8.74. The molecule has 2 saturated heterocycles. The van der Waals surface area contributed by atoms with Gasteiger partial charge in [-0.25, -0.2) is 8.78 Å². The molecule has 27 heavy (non-hydrogen) atoms. The van der Waals surface area contributed by atoms with Crippen LogP contribution >= 0.6 is 0 Å². The molecule has 6 heteroatoms. The van der Waals surface area contributed by atoms with Crippen molar-refractivity contribution in [3.63, 3.8) is 0 Å². The van der Waals surface area contributed by atoms with E-state index in [9.17, 15) is 9.59 Å². The number of carbonyl (C=O) groups is 2. The highest BCUT2D eigenvalue weighted by molar-refractivity contribution is 5.93. The first-order valence-electron chi connectivity index (χ1n) is 9.72. The minimum absolute atomic E-state index is 0.121. The molecule has 146 valence electrons. The van der Waals surface area contributed by atoms with Gasteiger partial charge >= 0.3 is 0 Å². The Bertz CT molecular complexity index is 765. The number of hydrogen-bond acceptors (Lipinski definition) is 2. The van der Waals surface area contributed by atoms with E-state index in [2.05, 4.69) is 0 Å². The van der Waals surface area contributed by atoms with E-state index in [0.29, 0.717) is 0 Å². The first-order valence-corrected chi connectivity index (χ1v) is 9.72. The number of rotatable bonds is 4. The van der Waals surface area contributed by atoms with E-state index in [1.807, 2.05) is 44.2 Å². The fourth-order valence-electron chi connectivity index (χ4n) is 4.93. The number of benzene rings is 1. The molecule has 1 aromatic rings. The van der Waals surface area contributed by atoms with Gasteiger partial charge in [0.15, 0.2) is 5.67 Å². The average Bonchev–Trinajstić information content (AvgIpc) is 2.94. The summed E-state index contributed by atoms with van der Waals surface area (Å²) in [5.74, 6) is -0.901. The molecule has 0 aromatic heterocycles. The van der Waals surface area contributed by atoms with Crippen molar-refractivity contribution in [1.82, 2.24) is 9.80 Å². The minimum atomic E-state index is -2.64. The summed E-state index contributed by atoms with van der Waals surface area (Å²) >= 11 is 0. The smallest absolute Gasteiger partial charge is 0.266 e. The van der Waals surface area contributed by atoms with Gasteiger partial charge in [-0.05, 0) is 24.3 Å². The van der Waals surface area contributed by atoms with Gasteiger partial charge in [0.05, 0.1) is 25.0 Å². The first kappa shape index (κ1) is 18.4. The van der Waals surface area contributed by atoms with Crippen LogP contribution in [0, 0.1) is 11.3 Å². The van der Waals surface area contributed by atoms with Crippen molar-refractivity contribution in [3.05, 3.63) is 35.9 Å². The van der Waals surface area contributed by atoms with Crippen molar-refractivity contribution >= 4 is 11.8 Å². The van der Waals surface area contributed by atoms with Crippen LogP contribution in [0.4, 0.5) is 8.78 Å². The number of amides is 2. The maximum atomic E-state index is 15.6. The Hall–Kier alpha value is -1.98. The van der Waals surface area contributed by atoms with E-state index in [1.165, 1.54) is 9.80 Å². The summed E-state index contributed by atoms with van der Waals surface area (Å²) in [5.41, 5.74) is -4.66. The van der Waals surface area contributed by atoms with Crippen molar-refractivity contribution < 1.29 is 18.4 Å². The molecule has 2 heterocycles. The first-order chi connectivity index (χ1) is 12.7. The van der Waals surface area contributed by atoms with Crippen molar-refractivity contribution in [1.29, 1.82) is 0 Å². The van der Waals surface area contributed by atoms with Crippen LogP contribution in [-0.2, 0) is 16.1 Å². The zero-order valence-electron chi connectivity index (χ0n) is 15.9. The molecule has 4 nitrogen and oxygen atoms in total. The maximum absolute atomic E-state index is 15.6. The zero-order chi connectivity index (χ0) is 19.4. The van der Waals surface area contributed by atoms with Crippen molar-refractivity contribution in [2.24, 2.45) is 11.3 Å². The number of likely N-dealkylation sites (tertiary alicyclic amines) is 2. The van der Waals surface area contributed by atoms with Crippen molar-refractivity contribution in [2.75, 3.05) is 19.6 Å². The maximum Gasteiger partial charge on any atom is 0.266 e. The molecule has 3 fully saturated rings. The molecule has 2 amide bonds. The van der Waals surface area contributed by atoms with Crippen LogP contribution < -0.4 is 0 Å². The lowest BCUT2D eigenvalue weighted by atomic mass is 9.61. The largest absolute Gasteiger partial charge is 0.335 e. The summed E-state index contributed by atoms with van der Waals surface area (Å²) in [6, 6.07) is 9.17. The van der Waals surface area contributed by atoms with Crippen molar-refractivity contribution in [2.45, 2.75) is 51.0 Å². The second-order valence-corrected chi connectivity index (χ2v) is 8.74. The Kier molecular flexibility index (Phi) is 4.09. The zero-order valence-corrected chi connectivity index (χ0v) is 15.9. The summed E-state index contributed by atoms with van der Waals surface area (Å²) in [6.07, 6.45) is 2.47. The molecular weight excluding hydrogens is 350 g/mol. The van der Waals surface area contributed by atoms with Gasteiger partial charge in [0.2, 0.25) is 11.6 Å². The van der Waals surface area contributed by atoms with Crippen LogP contribution in [0.25, 0.3) is 0 Å². The van der Waals surface area contributed by atoms with Gasteiger partial charge in [-0.15, -0.1) is 0 Å². The highest BCUT2D eigenvalue weighted by atomic mass is 19.2. The molecule has 0 N–H and O–H groups in total. The Morgan fingerprint density at radius 3 is 2.30 bits per heavy atom. The minimum Gasteiger partial charge on any atom is -0.335 e. The molecule has 0 radical (unpaired) electrons. The van der Waals surface area contributed by atoms with Crippen LogP contribution in [0.3, 0.4) is 0 Å². The molecule has 0 spiro atoms. The fraction of sp³-hybridized carbons (Fsp3) is 0.619. The Labute approximate surface area is 158 Å². The molecule has 1 aliphatic carbocycles. The standard InChI is InChI=1S/C21H26F2N2O2/c1-15(2)19(9-6-10-19)17(26)25-13-20(22)12-24(18(27)21(20,23)14-25)11-16-7-4-3-5-8-16/h3-5,7-8,15H,6,9-14H2,1-2H3/t20-,21-/m1/s1. The van der Waals surface area contributed by atoms with Crippen LogP contribution in [0.2, 0.25) is 0 Å². The lowest BCUT2D eigenvalue weighted by Crippen LogP contribution is -2.52. The third-order valence-electron chi connectivity index (χ3n) is 6.91. The SMILES string of the molecule is CC(C)C1(C(=O)N2C[C@]3(F)CN(Cc4ccccc4)C(=O)[C@]3(F)C2)CCC1. The Morgan fingerprint density at radius 1 is 1.11 bits per heavy atom. The van der Waals surface area contributed by atoms with Crippen LogP contribution in [0.15, 0.2) is 30.3 Å². The molecule has 2 aliphatic heterocycles. The molecule has 1 saturated carbocycles. The topological polar surface area (TPSA) is 40.6 Å². The second kappa shape index (κ2) is 6.01. The molecule has 0 bridgehead atoms. The Morgan fingerprint density at radius 2 is 1.78 bits per heavy atom. The lowest BCUT2D eigenvalue weighted by Gasteiger charge is -2.46. The number of nitrogens with zero attached hydrogens (tertiary/aromatic N) is 2. The van der Waals surface area contributed by atoms with E-state index >= 15 is 8.78 Å². The summed E-state index contributed by atoms with van der Waals surface area (Å²) < 4.78 is 31.2. The van der Waals surface area contributed by atoms with Crippen LogP contribution in [0.1, 0.15) is 38.7 Å². The number of hydrogen-bond donors (Lipinski definition) is 0. The molecular formula is C21H26F2N2O2. The molecule has 4 rings (SSSR count). The molecule has 3 aliphatic rings. The van der Waals surface area contributed by atoms with E-state index < -0.39 is 29.2 Å². The van der Waals surface area contributed by atoms with Gasteiger partial charge in [0.25, 0.3) is 5.91 Å². The van der Waals surface area contributed by atoms with Gasteiger partial charge in [0.1, 0.15) is 0 Å². The summed E-state index contributed by atoms with van der Waals surface area (Å²) in [5, 5.41) is 0. The third-order valence-corrected chi connectivity index (χ3v) is 6.91. The summed E-state index contributed by atoms with van der Waals surface area (Å²) in [4.78, 5) is 28.3. The van der Waals surface area contributed by atoms with Gasteiger partial charge < -0.3 is 9.80 Å². The average molecular weight is 376 g/mol. The van der Waals surface area contributed by atoms with Crippen LogP contribution in [-0.4, -0.2) is 52.6 Å². The molecule has 0 unspecified atom stereocenters. The van der Waals surface area contributed by atoms with Gasteiger partial charge in [0, 0.05) is 6.54 Å². The van der Waals surface area contributed by atoms with E-state index in [1.54, 1.807) is 0 Å². The highest BCUT2D eigenvalue weighted by Gasteiger charge is 2.72. The van der Waals surface area contributed by atoms with E-state index in [-0.39, 0.29) is 31.5 Å². The number of halogens is 2. The van der Waals surface area contributed by atoms with E-state index in [4.69, 9.17) is 0 Å².